The van der Waals surface area contributed by atoms with Gasteiger partial charge in [-0.15, -0.1) is 21.5 Å². The minimum absolute atomic E-state index is 0.555. The summed E-state index contributed by atoms with van der Waals surface area (Å²) in [4.78, 5) is 1.31. The number of nitrogens with two attached hydrogens (primary N) is 1. The van der Waals surface area contributed by atoms with Gasteiger partial charge in [0.1, 0.15) is 6.33 Å². The van der Waals surface area contributed by atoms with E-state index in [1.54, 1.807) is 11.3 Å². The van der Waals surface area contributed by atoms with E-state index in [0.717, 1.165) is 22.8 Å². The van der Waals surface area contributed by atoms with Crippen molar-refractivity contribution in [3.8, 4) is 11.4 Å². The van der Waals surface area contributed by atoms with Crippen LogP contribution in [0.2, 0.25) is 0 Å². The summed E-state index contributed by atoms with van der Waals surface area (Å²) in [5.41, 5.74) is 7.17. The van der Waals surface area contributed by atoms with Crippen LogP contribution < -0.4 is 5.73 Å². The van der Waals surface area contributed by atoms with Crippen LogP contribution in [0.4, 0.5) is 5.00 Å². The van der Waals surface area contributed by atoms with Gasteiger partial charge in [0.05, 0.1) is 10.6 Å². The lowest BCUT2D eigenvalue weighted by Crippen LogP contribution is -2.05. The van der Waals surface area contributed by atoms with Gasteiger partial charge < -0.3 is 10.3 Å². The van der Waals surface area contributed by atoms with Gasteiger partial charge in [-0.25, -0.2) is 0 Å². The summed E-state index contributed by atoms with van der Waals surface area (Å²) < 4.78 is 2.21. The van der Waals surface area contributed by atoms with Gasteiger partial charge in [0, 0.05) is 10.9 Å². The molecule has 0 amide bonds. The molecule has 4 nitrogen and oxygen atoms in total. The number of hydrogen-bond acceptors (Lipinski definition) is 4. The van der Waals surface area contributed by atoms with Crippen molar-refractivity contribution in [2.24, 2.45) is 0 Å². The van der Waals surface area contributed by atoms with E-state index in [1.165, 1.54) is 30.6 Å². The highest BCUT2D eigenvalue weighted by Gasteiger charge is 2.22. The van der Waals surface area contributed by atoms with Crippen LogP contribution in [0.15, 0.2) is 12.4 Å². The third-order valence-corrected chi connectivity index (χ3v) is 4.80. The Hall–Kier alpha value is -1.36. The number of aromatic nitrogens is 3. The molecular formula is C13H18N4S. The first-order chi connectivity index (χ1) is 8.79. The Morgan fingerprint density at radius 1 is 1.44 bits per heavy atom. The molecule has 0 radical (unpaired) electrons. The van der Waals surface area contributed by atoms with Crippen LogP contribution in [0.5, 0.6) is 0 Å². The molecule has 5 heteroatoms. The topological polar surface area (TPSA) is 56.7 Å². The first kappa shape index (κ1) is 11.7. The molecule has 0 spiro atoms. The molecule has 0 atom stereocenters. The fourth-order valence-corrected chi connectivity index (χ4v) is 3.56. The minimum atomic E-state index is 0.555. The highest BCUT2D eigenvalue weighted by atomic mass is 32.1. The molecule has 96 valence electrons. The number of hydrogen-bond donors (Lipinski definition) is 1. The van der Waals surface area contributed by atoms with Crippen molar-refractivity contribution in [2.45, 2.75) is 45.1 Å². The lowest BCUT2D eigenvalue weighted by Gasteiger charge is -2.13. The fourth-order valence-electron chi connectivity index (χ4n) is 2.69. The van der Waals surface area contributed by atoms with E-state index in [2.05, 4.69) is 27.8 Å². The van der Waals surface area contributed by atoms with Gasteiger partial charge >= 0.3 is 0 Å². The predicted molar refractivity (Wildman–Crippen MR) is 74.6 cm³/mol. The Kier molecular flexibility index (Phi) is 3.07. The van der Waals surface area contributed by atoms with Crippen LogP contribution in [-0.4, -0.2) is 14.8 Å². The molecule has 2 aromatic rings. The third-order valence-electron chi connectivity index (χ3n) is 3.69. The Bertz CT molecular complexity index is 537. The predicted octanol–water partition coefficient (Wildman–Crippen LogP) is 3.27. The number of thiophene rings is 1. The maximum absolute atomic E-state index is 6.11. The van der Waals surface area contributed by atoms with Crippen LogP contribution in [0.3, 0.4) is 0 Å². The van der Waals surface area contributed by atoms with Gasteiger partial charge in [-0.2, -0.15) is 0 Å². The monoisotopic (exact) mass is 262 g/mol. The molecular weight excluding hydrogens is 244 g/mol. The van der Waals surface area contributed by atoms with E-state index in [1.807, 2.05) is 6.33 Å². The summed E-state index contributed by atoms with van der Waals surface area (Å²) in [6, 6.07) is 2.72. The van der Waals surface area contributed by atoms with Gasteiger partial charge in [0.2, 0.25) is 0 Å². The number of aryl methyl sites for hydroxylation is 1. The molecule has 0 aliphatic heterocycles. The van der Waals surface area contributed by atoms with Crippen LogP contribution >= 0.6 is 11.3 Å². The van der Waals surface area contributed by atoms with Crippen molar-refractivity contribution in [2.75, 3.05) is 5.73 Å². The highest BCUT2D eigenvalue weighted by molar-refractivity contribution is 7.16. The van der Waals surface area contributed by atoms with E-state index in [4.69, 9.17) is 5.73 Å². The smallest absolute Gasteiger partial charge is 0.166 e. The third kappa shape index (κ3) is 1.92. The molecule has 2 N–H and O–H groups in total. The lowest BCUT2D eigenvalue weighted by molar-refractivity contribution is 0.522. The molecule has 1 saturated carbocycles. The second-order valence-corrected chi connectivity index (χ2v) is 6.01. The van der Waals surface area contributed by atoms with E-state index >= 15 is 0 Å². The molecule has 0 bridgehead atoms. The molecule has 3 rings (SSSR count). The average Bonchev–Trinajstić information content (AvgIpc) is 3.07. The van der Waals surface area contributed by atoms with Crippen LogP contribution in [-0.2, 0) is 6.42 Å². The number of nitrogen functional groups attached to an aromatic ring is 1. The van der Waals surface area contributed by atoms with E-state index in [9.17, 15) is 0 Å². The Morgan fingerprint density at radius 3 is 2.89 bits per heavy atom. The van der Waals surface area contributed by atoms with Gasteiger partial charge in [-0.3, -0.25) is 0 Å². The molecule has 1 aliphatic rings. The molecule has 0 aromatic carbocycles. The Labute approximate surface area is 111 Å². The summed E-state index contributed by atoms with van der Waals surface area (Å²) >= 11 is 1.66. The zero-order valence-corrected chi connectivity index (χ0v) is 11.4. The second kappa shape index (κ2) is 4.72. The maximum Gasteiger partial charge on any atom is 0.166 e. The summed E-state index contributed by atoms with van der Waals surface area (Å²) in [6.45, 7) is 2.15. The van der Waals surface area contributed by atoms with Gasteiger partial charge in [-0.1, -0.05) is 19.8 Å². The first-order valence-corrected chi connectivity index (χ1v) is 7.39. The van der Waals surface area contributed by atoms with Crippen molar-refractivity contribution < 1.29 is 0 Å². The zero-order valence-electron chi connectivity index (χ0n) is 10.6. The van der Waals surface area contributed by atoms with Crippen LogP contribution in [0, 0.1) is 0 Å². The maximum atomic E-state index is 6.11. The largest absolute Gasteiger partial charge is 0.390 e. The number of rotatable bonds is 3. The van der Waals surface area contributed by atoms with Gasteiger partial charge in [0.15, 0.2) is 5.82 Å². The molecule has 18 heavy (non-hydrogen) atoms. The van der Waals surface area contributed by atoms with Crippen molar-refractivity contribution >= 4 is 16.3 Å². The quantitative estimate of drug-likeness (QED) is 0.923. The van der Waals surface area contributed by atoms with E-state index < -0.39 is 0 Å². The molecule has 0 unspecified atom stereocenters. The van der Waals surface area contributed by atoms with Crippen molar-refractivity contribution in [1.82, 2.24) is 14.8 Å². The van der Waals surface area contributed by atoms with E-state index in [-0.39, 0.29) is 0 Å². The highest BCUT2D eigenvalue weighted by Crippen LogP contribution is 2.37. The second-order valence-electron chi connectivity index (χ2n) is 4.84. The van der Waals surface area contributed by atoms with Crippen LogP contribution in [0.1, 0.15) is 43.5 Å². The molecule has 2 aromatic heterocycles. The summed E-state index contributed by atoms with van der Waals surface area (Å²) in [5, 5.41) is 9.22. The normalized spacial score (nSPS) is 16.5. The Balaban J connectivity index is 2.00. The van der Waals surface area contributed by atoms with Crippen molar-refractivity contribution in [3.63, 3.8) is 0 Å². The molecule has 0 saturated heterocycles. The lowest BCUT2D eigenvalue weighted by atomic mass is 10.2. The van der Waals surface area contributed by atoms with Gasteiger partial charge in [0.25, 0.3) is 0 Å². The standard InChI is InChI=1S/C13H18N4S/c1-2-10-7-11(12(14)18-10)13-16-15-8-17(13)9-5-3-4-6-9/h7-9H,2-6,14H2,1H3. The SMILES string of the molecule is CCc1cc(-c2nncn2C2CCCC2)c(N)s1. The van der Waals surface area contributed by atoms with Crippen molar-refractivity contribution in [3.05, 3.63) is 17.3 Å². The summed E-state index contributed by atoms with van der Waals surface area (Å²) in [5.74, 6) is 0.940. The molecule has 1 aliphatic carbocycles. The van der Waals surface area contributed by atoms with E-state index in [0.29, 0.717) is 6.04 Å². The van der Waals surface area contributed by atoms with Crippen molar-refractivity contribution in [1.29, 1.82) is 0 Å². The van der Waals surface area contributed by atoms with Gasteiger partial charge in [-0.05, 0) is 25.3 Å². The number of anilines is 1. The van der Waals surface area contributed by atoms with Crippen LogP contribution in [0.25, 0.3) is 11.4 Å². The fraction of sp³-hybridized carbons (Fsp3) is 0.538. The average molecular weight is 262 g/mol. The first-order valence-electron chi connectivity index (χ1n) is 6.57. The summed E-state index contributed by atoms with van der Waals surface area (Å²) in [6.07, 6.45) is 7.95. The molecule has 2 heterocycles. The molecule has 1 fully saturated rings. The Morgan fingerprint density at radius 2 is 2.22 bits per heavy atom. The zero-order chi connectivity index (χ0) is 12.5. The summed E-state index contributed by atoms with van der Waals surface area (Å²) in [7, 11) is 0. The number of nitrogens with zero attached hydrogens (tertiary/aromatic N) is 3. The minimum Gasteiger partial charge on any atom is -0.390 e.